The molecule has 0 radical (unpaired) electrons. The van der Waals surface area contributed by atoms with E-state index in [4.69, 9.17) is 0 Å². The molecule has 2 aromatic rings. The summed E-state index contributed by atoms with van der Waals surface area (Å²) in [6, 6.07) is 15.0. The molecule has 0 bridgehead atoms. The average Bonchev–Trinajstić information content (AvgIpc) is 2.52. The number of hydrogen-bond acceptors (Lipinski definition) is 1. The number of aryl methyl sites for hydroxylation is 1. The van der Waals surface area contributed by atoms with Gasteiger partial charge in [-0.3, -0.25) is 0 Å². The largest absolute Gasteiger partial charge is 1.00 e. The van der Waals surface area contributed by atoms with Crippen LogP contribution in [0.2, 0.25) is 0 Å². The lowest BCUT2D eigenvalue weighted by Gasteiger charge is -2.11. The summed E-state index contributed by atoms with van der Waals surface area (Å²) in [7, 11) is 4.12. The molecule has 0 unspecified atom stereocenters. The fraction of sp³-hybridized carbons (Fsp3) is 0.350. The molecule has 0 aliphatic rings. The van der Waals surface area contributed by atoms with Crippen LogP contribution in [0.4, 0.5) is 5.69 Å². The van der Waals surface area contributed by atoms with Gasteiger partial charge < -0.3 is 28.9 Å². The third-order valence-electron chi connectivity index (χ3n) is 3.78. The molecule has 1 aromatic carbocycles. The smallest absolute Gasteiger partial charge is 0.205 e. The molecule has 0 fully saturated rings. The molecule has 0 aliphatic carbocycles. The maximum atomic E-state index is 2.32. The summed E-state index contributed by atoms with van der Waals surface area (Å²) in [4.78, 5) is 2.12. The minimum atomic E-state index is 0. The van der Waals surface area contributed by atoms with Crippen molar-refractivity contribution in [2.75, 3.05) is 19.0 Å². The van der Waals surface area contributed by atoms with Gasteiger partial charge in [0.05, 0.1) is 0 Å². The first-order valence-electron chi connectivity index (χ1n) is 8.00. The molecular weight excluding hydrogens is 395 g/mol. The van der Waals surface area contributed by atoms with Gasteiger partial charge in [0.1, 0.15) is 6.54 Å². The van der Waals surface area contributed by atoms with Gasteiger partial charge in [-0.1, -0.05) is 26.0 Å². The standard InChI is InChI=1S/C20H27N2.HI/c1-17(2)14-16-22-15-6-5-7-20(22)13-10-18-8-11-19(12-9-18)21(3)4;/h5-13,15,17H,14,16H2,1-4H3;1H/q+1;/p-1. The Morgan fingerprint density at radius 2 is 1.70 bits per heavy atom. The number of halogens is 1. The number of nitrogens with zero attached hydrogens (tertiary/aromatic N) is 2. The predicted octanol–water partition coefficient (Wildman–Crippen LogP) is 1.26. The maximum absolute atomic E-state index is 2.32. The van der Waals surface area contributed by atoms with Crippen LogP contribution in [-0.4, -0.2) is 14.1 Å². The highest BCUT2D eigenvalue weighted by Crippen LogP contribution is 2.14. The van der Waals surface area contributed by atoms with E-state index in [0.717, 1.165) is 12.5 Å². The van der Waals surface area contributed by atoms with Crippen LogP contribution in [0.5, 0.6) is 0 Å². The monoisotopic (exact) mass is 422 g/mol. The highest BCUT2D eigenvalue weighted by Gasteiger charge is 2.07. The summed E-state index contributed by atoms with van der Waals surface area (Å²) < 4.78 is 2.32. The van der Waals surface area contributed by atoms with Crippen molar-refractivity contribution >= 4 is 17.8 Å². The van der Waals surface area contributed by atoms with Gasteiger partial charge >= 0.3 is 0 Å². The topological polar surface area (TPSA) is 7.12 Å². The van der Waals surface area contributed by atoms with E-state index < -0.39 is 0 Å². The molecule has 0 N–H and O–H groups in total. The van der Waals surface area contributed by atoms with Gasteiger partial charge in [-0.25, -0.2) is 0 Å². The summed E-state index contributed by atoms with van der Waals surface area (Å²) in [6.07, 6.45) is 7.75. The molecule has 23 heavy (non-hydrogen) atoms. The van der Waals surface area contributed by atoms with Crippen molar-refractivity contribution in [2.24, 2.45) is 5.92 Å². The minimum absolute atomic E-state index is 0. The van der Waals surface area contributed by atoms with E-state index in [-0.39, 0.29) is 24.0 Å². The van der Waals surface area contributed by atoms with E-state index in [1.165, 1.54) is 23.4 Å². The first-order valence-corrected chi connectivity index (χ1v) is 8.00. The van der Waals surface area contributed by atoms with Crippen LogP contribution in [0.25, 0.3) is 12.2 Å². The Labute approximate surface area is 157 Å². The second kappa shape index (κ2) is 9.71. The van der Waals surface area contributed by atoms with Crippen molar-refractivity contribution in [3.05, 3.63) is 59.9 Å². The molecular formula is C20H27IN2. The first kappa shape index (κ1) is 19.7. The van der Waals surface area contributed by atoms with Crippen LogP contribution < -0.4 is 33.4 Å². The van der Waals surface area contributed by atoms with Crippen LogP contribution in [-0.2, 0) is 6.54 Å². The summed E-state index contributed by atoms with van der Waals surface area (Å²) in [5.74, 6) is 0.725. The van der Waals surface area contributed by atoms with E-state index in [0.29, 0.717) is 0 Å². The minimum Gasteiger partial charge on any atom is -1.00 e. The van der Waals surface area contributed by atoms with Crippen molar-refractivity contribution in [3.8, 4) is 0 Å². The highest BCUT2D eigenvalue weighted by molar-refractivity contribution is 5.68. The number of hydrogen-bond donors (Lipinski definition) is 0. The predicted molar refractivity (Wildman–Crippen MR) is 95.8 cm³/mol. The van der Waals surface area contributed by atoms with E-state index in [9.17, 15) is 0 Å². The number of aromatic nitrogens is 1. The van der Waals surface area contributed by atoms with E-state index in [2.05, 4.69) is 98.2 Å². The molecule has 2 rings (SSSR count). The van der Waals surface area contributed by atoms with Crippen LogP contribution >= 0.6 is 0 Å². The Kier molecular flexibility index (Phi) is 8.31. The molecule has 1 heterocycles. The van der Waals surface area contributed by atoms with Gasteiger partial charge in [-0.05, 0) is 35.8 Å². The highest BCUT2D eigenvalue weighted by atomic mass is 127. The quantitative estimate of drug-likeness (QED) is 0.503. The maximum Gasteiger partial charge on any atom is 0.205 e. The van der Waals surface area contributed by atoms with E-state index in [1.807, 2.05) is 0 Å². The van der Waals surface area contributed by atoms with Crippen molar-refractivity contribution < 1.29 is 28.5 Å². The van der Waals surface area contributed by atoms with Crippen molar-refractivity contribution in [3.63, 3.8) is 0 Å². The Bertz CT molecular complexity index is 616. The summed E-state index contributed by atoms with van der Waals surface area (Å²) in [5.41, 5.74) is 3.70. The number of benzene rings is 1. The van der Waals surface area contributed by atoms with Crippen molar-refractivity contribution in [1.82, 2.24) is 0 Å². The average molecular weight is 422 g/mol. The fourth-order valence-corrected chi connectivity index (χ4v) is 2.31. The fourth-order valence-electron chi connectivity index (χ4n) is 2.31. The Morgan fingerprint density at radius 3 is 2.30 bits per heavy atom. The zero-order chi connectivity index (χ0) is 15.9. The molecule has 0 saturated heterocycles. The molecule has 1 aromatic heterocycles. The normalized spacial score (nSPS) is 10.8. The third-order valence-corrected chi connectivity index (χ3v) is 3.78. The second-order valence-corrected chi connectivity index (χ2v) is 6.32. The van der Waals surface area contributed by atoms with Crippen LogP contribution in [0, 0.1) is 5.92 Å². The number of anilines is 1. The molecule has 0 amide bonds. The van der Waals surface area contributed by atoms with Gasteiger partial charge in [-0.15, -0.1) is 0 Å². The molecule has 0 aliphatic heterocycles. The zero-order valence-corrected chi connectivity index (χ0v) is 16.7. The van der Waals surface area contributed by atoms with Gasteiger partial charge in [-0.2, -0.15) is 4.57 Å². The molecule has 124 valence electrons. The van der Waals surface area contributed by atoms with Crippen molar-refractivity contribution in [2.45, 2.75) is 26.8 Å². The van der Waals surface area contributed by atoms with Gasteiger partial charge in [0.25, 0.3) is 0 Å². The lowest BCUT2D eigenvalue weighted by molar-refractivity contribution is -0.699. The van der Waals surface area contributed by atoms with Gasteiger partial charge in [0, 0.05) is 44.4 Å². The van der Waals surface area contributed by atoms with Crippen LogP contribution in [0.3, 0.4) is 0 Å². The second-order valence-electron chi connectivity index (χ2n) is 6.32. The summed E-state index contributed by atoms with van der Waals surface area (Å²) in [5, 5.41) is 0. The Hall–Kier alpha value is -1.36. The van der Waals surface area contributed by atoms with Crippen molar-refractivity contribution in [1.29, 1.82) is 0 Å². The Morgan fingerprint density at radius 1 is 1.00 bits per heavy atom. The van der Waals surface area contributed by atoms with Gasteiger partial charge in [0.2, 0.25) is 5.69 Å². The van der Waals surface area contributed by atoms with Crippen LogP contribution in [0.1, 0.15) is 31.5 Å². The Balaban J connectivity index is 0.00000264. The molecule has 0 atom stereocenters. The molecule has 0 saturated carbocycles. The zero-order valence-electron chi connectivity index (χ0n) is 14.5. The first-order chi connectivity index (χ1) is 10.6. The molecule has 3 heteroatoms. The number of rotatable bonds is 6. The van der Waals surface area contributed by atoms with Gasteiger partial charge in [0.15, 0.2) is 6.20 Å². The number of pyridine rings is 1. The lowest BCUT2D eigenvalue weighted by atomic mass is 10.1. The van der Waals surface area contributed by atoms with E-state index >= 15 is 0 Å². The molecule has 2 nitrogen and oxygen atoms in total. The third kappa shape index (κ3) is 6.34. The lowest BCUT2D eigenvalue weighted by Crippen LogP contribution is -3.00. The SMILES string of the molecule is CC(C)CC[n+]1ccccc1/C=C/c1ccc(N(C)C)cc1.[I-]. The van der Waals surface area contributed by atoms with Crippen LogP contribution in [0.15, 0.2) is 48.7 Å². The summed E-state index contributed by atoms with van der Waals surface area (Å²) in [6.45, 7) is 5.61. The van der Waals surface area contributed by atoms with E-state index in [1.54, 1.807) is 0 Å². The molecule has 0 spiro atoms. The summed E-state index contributed by atoms with van der Waals surface area (Å²) >= 11 is 0.